The summed E-state index contributed by atoms with van der Waals surface area (Å²) in [5.41, 5.74) is 1.62. The number of carbonyl (C=O) groups excluding carboxylic acids is 1. The normalized spacial score (nSPS) is 10.6. The predicted molar refractivity (Wildman–Crippen MR) is 75.9 cm³/mol. The molecule has 3 aromatic rings. The number of rotatable bonds is 3. The van der Waals surface area contributed by atoms with Crippen LogP contribution in [0.2, 0.25) is 0 Å². The first-order valence-corrected chi connectivity index (χ1v) is 6.28. The van der Waals surface area contributed by atoms with Crippen LogP contribution in [0, 0.1) is 5.82 Å². The number of methoxy groups -OCH3 is 1. The lowest BCUT2D eigenvalue weighted by Gasteiger charge is -2.09. The van der Waals surface area contributed by atoms with Gasteiger partial charge in [-0.05, 0) is 30.3 Å². The summed E-state index contributed by atoms with van der Waals surface area (Å²) in [7, 11) is 1.44. The van der Waals surface area contributed by atoms with Gasteiger partial charge < -0.3 is 4.74 Å². The van der Waals surface area contributed by atoms with E-state index in [1.165, 1.54) is 25.4 Å². The van der Waals surface area contributed by atoms with Gasteiger partial charge in [-0.3, -0.25) is 14.8 Å². The van der Waals surface area contributed by atoms with Gasteiger partial charge in [0.2, 0.25) is 0 Å². The number of para-hydroxylation sites is 1. The van der Waals surface area contributed by atoms with Gasteiger partial charge in [-0.25, -0.2) is 4.39 Å². The number of hydrogen-bond donors (Lipinski definition) is 0. The summed E-state index contributed by atoms with van der Waals surface area (Å²) >= 11 is 0. The molecule has 0 aliphatic rings. The van der Waals surface area contributed by atoms with Gasteiger partial charge in [0.1, 0.15) is 11.6 Å². The third kappa shape index (κ3) is 2.33. The minimum absolute atomic E-state index is 0.163. The van der Waals surface area contributed by atoms with E-state index >= 15 is 0 Å². The second kappa shape index (κ2) is 5.28. The highest BCUT2D eigenvalue weighted by Crippen LogP contribution is 2.25. The Balaban J connectivity index is 2.20. The molecule has 0 bridgehead atoms. The molecular weight excluding hydrogens is 271 g/mol. The Morgan fingerprint density at radius 2 is 1.90 bits per heavy atom. The summed E-state index contributed by atoms with van der Waals surface area (Å²) in [5, 5.41) is 0. The van der Waals surface area contributed by atoms with Gasteiger partial charge in [-0.1, -0.05) is 6.07 Å². The topological polar surface area (TPSA) is 52.1 Å². The van der Waals surface area contributed by atoms with Gasteiger partial charge in [0.15, 0.2) is 5.78 Å². The van der Waals surface area contributed by atoms with E-state index in [4.69, 9.17) is 4.74 Å². The van der Waals surface area contributed by atoms with Crippen molar-refractivity contribution < 1.29 is 13.9 Å². The maximum atomic E-state index is 13.4. The largest absolute Gasteiger partial charge is 0.496 e. The number of aromatic nitrogens is 2. The fourth-order valence-electron chi connectivity index (χ4n) is 2.18. The molecule has 0 aliphatic heterocycles. The highest BCUT2D eigenvalue weighted by atomic mass is 19.1. The average Bonchev–Trinajstić information content (AvgIpc) is 2.53. The number of carbonyl (C=O) groups is 1. The van der Waals surface area contributed by atoms with Gasteiger partial charge in [0, 0.05) is 12.4 Å². The Labute approximate surface area is 120 Å². The van der Waals surface area contributed by atoms with Crippen LogP contribution in [0.1, 0.15) is 15.9 Å². The summed E-state index contributed by atoms with van der Waals surface area (Å²) in [4.78, 5) is 21.0. The maximum absolute atomic E-state index is 13.4. The molecule has 0 spiro atoms. The van der Waals surface area contributed by atoms with Crippen LogP contribution < -0.4 is 4.74 Å². The molecule has 1 aromatic heterocycles. The predicted octanol–water partition coefficient (Wildman–Crippen LogP) is 3.01. The van der Waals surface area contributed by atoms with Crippen molar-refractivity contribution in [2.24, 2.45) is 0 Å². The molecule has 0 atom stereocenters. The quantitative estimate of drug-likeness (QED) is 0.693. The zero-order valence-corrected chi connectivity index (χ0v) is 11.2. The fraction of sp³-hybridized carbons (Fsp3) is 0.0625. The van der Waals surface area contributed by atoms with E-state index in [-0.39, 0.29) is 11.3 Å². The first-order chi connectivity index (χ1) is 10.2. The number of fused-ring (bicyclic) bond motifs is 1. The molecule has 5 heteroatoms. The van der Waals surface area contributed by atoms with E-state index in [0.717, 1.165) is 6.07 Å². The number of hydrogen-bond acceptors (Lipinski definition) is 4. The van der Waals surface area contributed by atoms with Crippen LogP contribution in [0.3, 0.4) is 0 Å². The van der Waals surface area contributed by atoms with Crippen LogP contribution in [-0.4, -0.2) is 22.9 Å². The summed E-state index contributed by atoms with van der Waals surface area (Å²) in [6.45, 7) is 0. The van der Waals surface area contributed by atoms with Gasteiger partial charge in [-0.2, -0.15) is 0 Å². The molecule has 4 nitrogen and oxygen atoms in total. The van der Waals surface area contributed by atoms with Gasteiger partial charge >= 0.3 is 0 Å². The van der Waals surface area contributed by atoms with E-state index in [9.17, 15) is 9.18 Å². The minimum Gasteiger partial charge on any atom is -0.496 e. The van der Waals surface area contributed by atoms with Gasteiger partial charge in [0.25, 0.3) is 0 Å². The van der Waals surface area contributed by atoms with Gasteiger partial charge in [0.05, 0.1) is 29.3 Å². The molecule has 2 aromatic carbocycles. The zero-order chi connectivity index (χ0) is 14.8. The molecule has 3 rings (SSSR count). The lowest BCUT2D eigenvalue weighted by Crippen LogP contribution is -2.06. The smallest absolute Gasteiger partial charge is 0.199 e. The van der Waals surface area contributed by atoms with Crippen molar-refractivity contribution in [1.29, 1.82) is 0 Å². The maximum Gasteiger partial charge on any atom is 0.199 e. The summed E-state index contributed by atoms with van der Waals surface area (Å²) < 4.78 is 18.6. The summed E-state index contributed by atoms with van der Waals surface area (Å²) in [5.74, 6) is -0.523. The third-order valence-corrected chi connectivity index (χ3v) is 3.15. The van der Waals surface area contributed by atoms with Crippen molar-refractivity contribution in [2.75, 3.05) is 7.11 Å². The number of halogens is 1. The molecule has 0 saturated heterocycles. The lowest BCUT2D eigenvalue weighted by molar-refractivity contribution is 0.103. The Hall–Kier alpha value is -2.82. The Kier molecular flexibility index (Phi) is 3.31. The Bertz CT molecular complexity index is 828. The molecule has 0 aliphatic carbocycles. The average molecular weight is 282 g/mol. The minimum atomic E-state index is -0.495. The number of benzene rings is 2. The summed E-state index contributed by atoms with van der Waals surface area (Å²) in [6.07, 6.45) is 3.07. The molecule has 0 N–H and O–H groups in total. The van der Waals surface area contributed by atoms with E-state index < -0.39 is 5.82 Å². The van der Waals surface area contributed by atoms with Crippen molar-refractivity contribution >= 4 is 16.8 Å². The number of nitrogens with zero attached hydrogens (tertiary/aromatic N) is 2. The molecule has 104 valence electrons. The van der Waals surface area contributed by atoms with Crippen LogP contribution in [0.4, 0.5) is 4.39 Å². The standard InChI is InChI=1S/C16H11FN2O2/c1-21-14-6-5-10(17)9-12(14)16(20)11-3-2-4-13-15(11)19-8-7-18-13/h2-9H,1H3. The molecular formula is C16H11FN2O2. The molecule has 0 unspecified atom stereocenters. The second-order valence-electron chi connectivity index (χ2n) is 4.40. The van der Waals surface area contributed by atoms with Crippen LogP contribution in [0.25, 0.3) is 11.0 Å². The van der Waals surface area contributed by atoms with Crippen LogP contribution in [0.5, 0.6) is 5.75 Å². The van der Waals surface area contributed by atoms with Crippen molar-refractivity contribution in [3.05, 3.63) is 65.7 Å². The molecule has 21 heavy (non-hydrogen) atoms. The highest BCUT2D eigenvalue weighted by Gasteiger charge is 2.18. The lowest BCUT2D eigenvalue weighted by atomic mass is 10.0. The van der Waals surface area contributed by atoms with E-state index in [2.05, 4.69) is 9.97 Å². The van der Waals surface area contributed by atoms with E-state index in [0.29, 0.717) is 22.3 Å². The third-order valence-electron chi connectivity index (χ3n) is 3.15. The molecule has 0 amide bonds. The van der Waals surface area contributed by atoms with Crippen LogP contribution in [0.15, 0.2) is 48.8 Å². The number of ketones is 1. The first kappa shape index (κ1) is 13.2. The van der Waals surface area contributed by atoms with Crippen molar-refractivity contribution in [1.82, 2.24) is 9.97 Å². The molecule has 0 fully saturated rings. The van der Waals surface area contributed by atoms with E-state index in [1.54, 1.807) is 24.4 Å². The Morgan fingerprint density at radius 3 is 2.71 bits per heavy atom. The summed E-state index contributed by atoms with van der Waals surface area (Å²) in [6, 6.07) is 8.97. The van der Waals surface area contributed by atoms with E-state index in [1.807, 2.05) is 0 Å². The number of ether oxygens (including phenoxy) is 1. The first-order valence-electron chi connectivity index (χ1n) is 6.28. The van der Waals surface area contributed by atoms with Crippen molar-refractivity contribution in [3.8, 4) is 5.75 Å². The Morgan fingerprint density at radius 1 is 1.10 bits per heavy atom. The van der Waals surface area contributed by atoms with Crippen LogP contribution in [-0.2, 0) is 0 Å². The monoisotopic (exact) mass is 282 g/mol. The molecule has 0 saturated carbocycles. The second-order valence-corrected chi connectivity index (χ2v) is 4.40. The highest BCUT2D eigenvalue weighted by molar-refractivity contribution is 6.16. The molecule has 0 radical (unpaired) electrons. The van der Waals surface area contributed by atoms with Gasteiger partial charge in [-0.15, -0.1) is 0 Å². The van der Waals surface area contributed by atoms with Crippen LogP contribution >= 0.6 is 0 Å². The SMILES string of the molecule is COc1ccc(F)cc1C(=O)c1cccc2nccnc12. The van der Waals surface area contributed by atoms with Crippen molar-refractivity contribution in [3.63, 3.8) is 0 Å². The molecule has 1 heterocycles. The fourth-order valence-corrected chi connectivity index (χ4v) is 2.18. The van der Waals surface area contributed by atoms with Crippen molar-refractivity contribution in [2.45, 2.75) is 0 Å². The zero-order valence-electron chi connectivity index (χ0n) is 11.2.